The van der Waals surface area contributed by atoms with Gasteiger partial charge >= 0.3 is 5.97 Å². The topological polar surface area (TPSA) is 79.3 Å². The Morgan fingerprint density at radius 1 is 1.53 bits per heavy atom. The number of aromatic carboxylic acids is 1. The molecular weight excluding hydrogens is 244 g/mol. The summed E-state index contributed by atoms with van der Waals surface area (Å²) in [5, 5.41) is 11.7. The molecule has 1 saturated carbocycles. The van der Waals surface area contributed by atoms with Gasteiger partial charge in [0, 0.05) is 17.8 Å². The third-order valence-electron chi connectivity index (χ3n) is 3.32. The molecule has 1 heterocycles. The standard InChI is InChI=1S/C14H18N2O3/c1-9(2-3-10-4-5-10)16-13(17)11-6-7-15-12(8-11)14(18)19/h6-10H,2-5H2,1H3,(H,16,17)(H,18,19). The molecule has 2 N–H and O–H groups in total. The molecule has 1 unspecified atom stereocenters. The van der Waals surface area contributed by atoms with Crippen LogP contribution in [0, 0.1) is 5.92 Å². The van der Waals surface area contributed by atoms with Crippen molar-refractivity contribution in [3.63, 3.8) is 0 Å². The lowest BCUT2D eigenvalue weighted by atomic mass is 10.1. The van der Waals surface area contributed by atoms with Crippen molar-refractivity contribution in [1.82, 2.24) is 10.3 Å². The first-order valence-corrected chi connectivity index (χ1v) is 6.56. The number of pyridine rings is 1. The largest absolute Gasteiger partial charge is 0.477 e. The highest BCUT2D eigenvalue weighted by Crippen LogP contribution is 2.33. The van der Waals surface area contributed by atoms with Crippen LogP contribution in [-0.2, 0) is 0 Å². The van der Waals surface area contributed by atoms with Crippen LogP contribution in [0.2, 0.25) is 0 Å². The molecule has 0 bridgehead atoms. The summed E-state index contributed by atoms with van der Waals surface area (Å²) >= 11 is 0. The molecule has 1 aromatic heterocycles. The smallest absolute Gasteiger partial charge is 0.354 e. The molecule has 1 amide bonds. The number of carbonyl (C=O) groups excluding carboxylic acids is 1. The number of amides is 1. The Labute approximate surface area is 112 Å². The Bertz CT molecular complexity index is 483. The Morgan fingerprint density at radius 2 is 2.26 bits per heavy atom. The molecule has 1 aliphatic carbocycles. The average molecular weight is 262 g/mol. The van der Waals surface area contributed by atoms with Crippen molar-refractivity contribution in [3.8, 4) is 0 Å². The number of aromatic nitrogens is 1. The molecule has 102 valence electrons. The number of carboxylic acid groups (broad SMARTS) is 1. The van der Waals surface area contributed by atoms with Gasteiger partial charge in [-0.15, -0.1) is 0 Å². The van der Waals surface area contributed by atoms with Gasteiger partial charge in [-0.1, -0.05) is 12.8 Å². The van der Waals surface area contributed by atoms with Gasteiger partial charge in [0.15, 0.2) is 0 Å². The normalized spacial score (nSPS) is 15.8. The summed E-state index contributed by atoms with van der Waals surface area (Å²) in [6.45, 7) is 1.97. The number of nitrogens with one attached hydrogen (secondary N) is 1. The van der Waals surface area contributed by atoms with Gasteiger partial charge in [0.1, 0.15) is 5.69 Å². The van der Waals surface area contributed by atoms with Crippen LogP contribution in [0.4, 0.5) is 0 Å². The van der Waals surface area contributed by atoms with Crippen LogP contribution in [0.25, 0.3) is 0 Å². The Morgan fingerprint density at radius 3 is 2.89 bits per heavy atom. The quantitative estimate of drug-likeness (QED) is 0.822. The number of hydrogen-bond acceptors (Lipinski definition) is 3. The van der Waals surface area contributed by atoms with Gasteiger partial charge in [-0.05, 0) is 37.8 Å². The highest BCUT2D eigenvalue weighted by atomic mass is 16.4. The summed E-state index contributed by atoms with van der Waals surface area (Å²) < 4.78 is 0. The van der Waals surface area contributed by atoms with E-state index in [0.717, 1.165) is 18.8 Å². The molecule has 0 radical (unpaired) electrons. The second-order valence-electron chi connectivity index (χ2n) is 5.13. The van der Waals surface area contributed by atoms with Crippen LogP contribution in [0.5, 0.6) is 0 Å². The predicted octanol–water partition coefficient (Wildman–Crippen LogP) is 2.09. The molecule has 0 aromatic carbocycles. The minimum absolute atomic E-state index is 0.106. The maximum Gasteiger partial charge on any atom is 0.354 e. The zero-order chi connectivity index (χ0) is 13.8. The number of carbonyl (C=O) groups is 2. The van der Waals surface area contributed by atoms with Crippen molar-refractivity contribution in [2.24, 2.45) is 5.92 Å². The molecule has 2 rings (SSSR count). The van der Waals surface area contributed by atoms with Gasteiger partial charge in [0.05, 0.1) is 0 Å². The molecule has 1 aliphatic rings. The van der Waals surface area contributed by atoms with E-state index >= 15 is 0 Å². The maximum atomic E-state index is 12.0. The number of rotatable bonds is 6. The SMILES string of the molecule is CC(CCC1CC1)NC(=O)c1ccnc(C(=O)O)c1. The molecule has 1 aromatic rings. The van der Waals surface area contributed by atoms with Crippen molar-refractivity contribution >= 4 is 11.9 Å². The molecule has 19 heavy (non-hydrogen) atoms. The lowest BCUT2D eigenvalue weighted by Gasteiger charge is -2.13. The minimum atomic E-state index is -1.13. The summed E-state index contributed by atoms with van der Waals surface area (Å²) in [5.74, 6) is -0.525. The number of hydrogen-bond donors (Lipinski definition) is 2. The highest BCUT2D eigenvalue weighted by Gasteiger charge is 2.22. The zero-order valence-corrected chi connectivity index (χ0v) is 10.9. The van der Waals surface area contributed by atoms with Gasteiger partial charge < -0.3 is 10.4 Å². The molecule has 0 spiro atoms. The zero-order valence-electron chi connectivity index (χ0n) is 10.9. The predicted molar refractivity (Wildman–Crippen MR) is 70.1 cm³/mol. The number of carboxylic acids is 1. The summed E-state index contributed by atoms with van der Waals surface area (Å²) in [6, 6.07) is 2.93. The van der Waals surface area contributed by atoms with Crippen molar-refractivity contribution in [2.45, 2.75) is 38.6 Å². The fourth-order valence-corrected chi connectivity index (χ4v) is 1.96. The lowest BCUT2D eigenvalue weighted by molar-refractivity contribution is 0.0690. The minimum Gasteiger partial charge on any atom is -0.477 e. The van der Waals surface area contributed by atoms with Crippen LogP contribution in [0.3, 0.4) is 0 Å². The van der Waals surface area contributed by atoms with E-state index in [9.17, 15) is 9.59 Å². The van der Waals surface area contributed by atoms with Gasteiger partial charge in [-0.2, -0.15) is 0 Å². The van der Waals surface area contributed by atoms with E-state index in [2.05, 4.69) is 10.3 Å². The van der Waals surface area contributed by atoms with Crippen molar-refractivity contribution in [2.75, 3.05) is 0 Å². The number of nitrogens with zero attached hydrogens (tertiary/aromatic N) is 1. The van der Waals surface area contributed by atoms with E-state index in [0.29, 0.717) is 5.56 Å². The van der Waals surface area contributed by atoms with E-state index in [1.165, 1.54) is 31.2 Å². The Balaban J connectivity index is 1.90. The van der Waals surface area contributed by atoms with E-state index < -0.39 is 5.97 Å². The summed E-state index contributed by atoms with van der Waals surface area (Å²) in [5.41, 5.74) is 0.226. The molecule has 0 saturated heterocycles. The molecule has 0 aliphatic heterocycles. The Kier molecular flexibility index (Phi) is 4.14. The summed E-state index contributed by atoms with van der Waals surface area (Å²) in [4.78, 5) is 26.4. The van der Waals surface area contributed by atoms with E-state index in [1.54, 1.807) is 0 Å². The average Bonchev–Trinajstić information content (AvgIpc) is 3.20. The third-order valence-corrected chi connectivity index (χ3v) is 3.32. The van der Waals surface area contributed by atoms with Crippen LogP contribution in [0.15, 0.2) is 18.3 Å². The summed E-state index contributed by atoms with van der Waals surface area (Å²) in [7, 11) is 0. The van der Waals surface area contributed by atoms with E-state index in [1.807, 2.05) is 6.92 Å². The molecule has 1 atom stereocenters. The van der Waals surface area contributed by atoms with Crippen LogP contribution >= 0.6 is 0 Å². The first-order chi connectivity index (χ1) is 9.06. The van der Waals surface area contributed by atoms with Gasteiger partial charge in [0.2, 0.25) is 0 Å². The Hall–Kier alpha value is -1.91. The monoisotopic (exact) mass is 262 g/mol. The van der Waals surface area contributed by atoms with Gasteiger partial charge in [-0.3, -0.25) is 4.79 Å². The maximum absolute atomic E-state index is 12.0. The lowest BCUT2D eigenvalue weighted by Crippen LogP contribution is -2.32. The fraction of sp³-hybridized carbons (Fsp3) is 0.500. The summed E-state index contributed by atoms with van der Waals surface area (Å²) in [6.07, 6.45) is 6.08. The first-order valence-electron chi connectivity index (χ1n) is 6.56. The van der Waals surface area contributed by atoms with E-state index in [-0.39, 0.29) is 17.6 Å². The molecular formula is C14H18N2O3. The first kappa shape index (κ1) is 13.5. The third kappa shape index (κ3) is 4.05. The van der Waals surface area contributed by atoms with E-state index in [4.69, 9.17) is 5.11 Å². The molecule has 5 nitrogen and oxygen atoms in total. The van der Waals surface area contributed by atoms with Crippen molar-refractivity contribution in [1.29, 1.82) is 0 Å². The van der Waals surface area contributed by atoms with Crippen LogP contribution < -0.4 is 5.32 Å². The second-order valence-corrected chi connectivity index (χ2v) is 5.13. The second kappa shape index (κ2) is 5.82. The van der Waals surface area contributed by atoms with Crippen molar-refractivity contribution < 1.29 is 14.7 Å². The fourth-order valence-electron chi connectivity index (χ4n) is 1.96. The van der Waals surface area contributed by atoms with Gasteiger partial charge in [-0.25, -0.2) is 9.78 Å². The molecule has 5 heteroatoms. The van der Waals surface area contributed by atoms with Crippen molar-refractivity contribution in [3.05, 3.63) is 29.6 Å². The molecule has 1 fully saturated rings. The highest BCUT2D eigenvalue weighted by molar-refractivity contribution is 5.96. The van der Waals surface area contributed by atoms with Crippen LogP contribution in [0.1, 0.15) is 53.5 Å². The van der Waals surface area contributed by atoms with Gasteiger partial charge in [0.25, 0.3) is 5.91 Å². The van der Waals surface area contributed by atoms with Crippen LogP contribution in [-0.4, -0.2) is 28.0 Å².